The molecular weight excluding hydrogens is 270 g/mol. The van der Waals surface area contributed by atoms with Crippen molar-refractivity contribution in [1.82, 2.24) is 14.7 Å². The van der Waals surface area contributed by atoms with E-state index >= 15 is 0 Å². The standard InChI is InChI=1S/C15H23N3O3/c1-11-7-8-16-18(13(11)19)12-6-5-9-17(10-12)14(20)21-15(2,3)4/h7-8,12H,5-6,9-10H2,1-4H3/t12-/m1/s1. The van der Waals surface area contributed by atoms with Crippen molar-refractivity contribution in [3.8, 4) is 0 Å². The van der Waals surface area contributed by atoms with Crippen LogP contribution in [0.25, 0.3) is 0 Å². The SMILES string of the molecule is Cc1ccnn([C@@H]2CCCN(C(=O)OC(C)(C)C)C2)c1=O. The predicted molar refractivity (Wildman–Crippen MR) is 79.3 cm³/mol. The zero-order valence-electron chi connectivity index (χ0n) is 13.1. The van der Waals surface area contributed by atoms with E-state index in [0.29, 0.717) is 18.7 Å². The molecule has 1 saturated heterocycles. The molecule has 0 spiro atoms. The summed E-state index contributed by atoms with van der Waals surface area (Å²) in [5.41, 5.74) is 0.0653. The number of likely N-dealkylation sites (tertiary alicyclic amines) is 1. The first-order valence-electron chi connectivity index (χ1n) is 7.30. The minimum atomic E-state index is -0.511. The van der Waals surface area contributed by atoms with Gasteiger partial charge >= 0.3 is 6.09 Å². The van der Waals surface area contributed by atoms with Gasteiger partial charge in [0.05, 0.1) is 6.04 Å². The van der Waals surface area contributed by atoms with E-state index in [1.807, 2.05) is 20.8 Å². The average Bonchev–Trinajstić information content (AvgIpc) is 2.40. The number of hydrogen-bond donors (Lipinski definition) is 0. The highest BCUT2D eigenvalue weighted by Crippen LogP contribution is 2.21. The second-order valence-electron chi connectivity index (χ2n) is 6.49. The van der Waals surface area contributed by atoms with E-state index in [0.717, 1.165) is 12.8 Å². The lowest BCUT2D eigenvalue weighted by molar-refractivity contribution is 0.0165. The van der Waals surface area contributed by atoms with Gasteiger partial charge in [0, 0.05) is 24.8 Å². The van der Waals surface area contributed by atoms with E-state index in [-0.39, 0.29) is 17.7 Å². The van der Waals surface area contributed by atoms with Crippen molar-refractivity contribution in [3.63, 3.8) is 0 Å². The van der Waals surface area contributed by atoms with Crippen LogP contribution in [0.1, 0.15) is 45.2 Å². The number of nitrogens with zero attached hydrogens (tertiary/aromatic N) is 3. The Morgan fingerprint density at radius 2 is 2.14 bits per heavy atom. The molecule has 0 aliphatic carbocycles. The topological polar surface area (TPSA) is 64.4 Å². The lowest BCUT2D eigenvalue weighted by Gasteiger charge is -2.34. The summed E-state index contributed by atoms with van der Waals surface area (Å²) in [5, 5.41) is 4.16. The molecule has 1 aliphatic heterocycles. The molecule has 1 aromatic heterocycles. The maximum Gasteiger partial charge on any atom is 0.410 e. The second-order valence-corrected chi connectivity index (χ2v) is 6.49. The lowest BCUT2D eigenvalue weighted by Crippen LogP contribution is -2.45. The van der Waals surface area contributed by atoms with Gasteiger partial charge in [0.1, 0.15) is 5.60 Å². The maximum atomic E-state index is 12.1. The number of ether oxygens (including phenoxy) is 1. The Kier molecular flexibility index (Phi) is 4.34. The van der Waals surface area contributed by atoms with Crippen molar-refractivity contribution < 1.29 is 9.53 Å². The molecule has 1 aliphatic rings. The number of carbonyl (C=O) groups excluding carboxylic acids is 1. The van der Waals surface area contributed by atoms with Crippen LogP contribution in [0.5, 0.6) is 0 Å². The molecular formula is C15H23N3O3. The van der Waals surface area contributed by atoms with Crippen molar-refractivity contribution in [3.05, 3.63) is 28.2 Å². The van der Waals surface area contributed by atoms with Gasteiger partial charge in [-0.05, 0) is 46.6 Å². The average molecular weight is 293 g/mol. The molecule has 0 N–H and O–H groups in total. The highest BCUT2D eigenvalue weighted by Gasteiger charge is 2.29. The zero-order chi connectivity index (χ0) is 15.6. The third-order valence-corrected chi connectivity index (χ3v) is 3.46. The predicted octanol–water partition coefficient (Wildman–Crippen LogP) is 2.12. The van der Waals surface area contributed by atoms with Gasteiger partial charge in [0.25, 0.3) is 5.56 Å². The summed E-state index contributed by atoms with van der Waals surface area (Å²) in [6.45, 7) is 8.43. The summed E-state index contributed by atoms with van der Waals surface area (Å²) >= 11 is 0. The molecule has 0 bridgehead atoms. The molecule has 2 heterocycles. The first-order chi connectivity index (χ1) is 9.78. The number of rotatable bonds is 1. The van der Waals surface area contributed by atoms with Gasteiger partial charge in [-0.3, -0.25) is 4.79 Å². The van der Waals surface area contributed by atoms with E-state index in [1.165, 1.54) is 4.68 Å². The molecule has 6 nitrogen and oxygen atoms in total. The number of carbonyl (C=O) groups is 1. The minimum Gasteiger partial charge on any atom is -0.444 e. The summed E-state index contributed by atoms with van der Waals surface area (Å²) in [5.74, 6) is 0. The highest BCUT2D eigenvalue weighted by atomic mass is 16.6. The Labute approximate surface area is 124 Å². The molecule has 1 aromatic rings. The Morgan fingerprint density at radius 3 is 2.81 bits per heavy atom. The quantitative estimate of drug-likeness (QED) is 0.795. The fourth-order valence-corrected chi connectivity index (χ4v) is 2.43. The summed E-state index contributed by atoms with van der Waals surface area (Å²) < 4.78 is 6.89. The smallest absolute Gasteiger partial charge is 0.410 e. The van der Waals surface area contributed by atoms with Crippen molar-refractivity contribution in [1.29, 1.82) is 0 Å². The number of aryl methyl sites for hydroxylation is 1. The molecule has 6 heteroatoms. The summed E-state index contributed by atoms with van der Waals surface area (Å²) in [6, 6.07) is 1.62. The van der Waals surface area contributed by atoms with E-state index in [9.17, 15) is 9.59 Å². The minimum absolute atomic E-state index is 0.0846. The van der Waals surface area contributed by atoms with Crippen LogP contribution in [-0.2, 0) is 4.74 Å². The molecule has 1 fully saturated rings. The summed E-state index contributed by atoms with van der Waals surface area (Å²) in [7, 11) is 0. The Hall–Kier alpha value is -1.85. The van der Waals surface area contributed by atoms with Gasteiger partial charge in [-0.25, -0.2) is 9.48 Å². The number of amides is 1. The molecule has 21 heavy (non-hydrogen) atoms. The maximum absolute atomic E-state index is 12.1. The molecule has 0 unspecified atom stereocenters. The normalized spacial score (nSPS) is 19.4. The highest BCUT2D eigenvalue weighted by molar-refractivity contribution is 5.68. The van der Waals surface area contributed by atoms with Crippen LogP contribution in [0.2, 0.25) is 0 Å². The Balaban J connectivity index is 2.12. The van der Waals surface area contributed by atoms with Gasteiger partial charge in [-0.2, -0.15) is 5.10 Å². The van der Waals surface area contributed by atoms with Gasteiger partial charge < -0.3 is 9.64 Å². The Morgan fingerprint density at radius 1 is 1.43 bits per heavy atom. The first kappa shape index (κ1) is 15.5. The number of piperidine rings is 1. The monoisotopic (exact) mass is 293 g/mol. The third-order valence-electron chi connectivity index (χ3n) is 3.46. The van der Waals surface area contributed by atoms with Crippen LogP contribution in [0.15, 0.2) is 17.1 Å². The van der Waals surface area contributed by atoms with Crippen LogP contribution < -0.4 is 5.56 Å². The molecule has 116 valence electrons. The van der Waals surface area contributed by atoms with Crippen molar-refractivity contribution in [2.75, 3.05) is 13.1 Å². The van der Waals surface area contributed by atoms with Gasteiger partial charge in [0.2, 0.25) is 0 Å². The summed E-state index contributed by atoms with van der Waals surface area (Å²) in [4.78, 5) is 25.9. The van der Waals surface area contributed by atoms with E-state index < -0.39 is 5.60 Å². The van der Waals surface area contributed by atoms with E-state index in [4.69, 9.17) is 4.74 Å². The fraction of sp³-hybridized carbons (Fsp3) is 0.667. The van der Waals surface area contributed by atoms with Crippen molar-refractivity contribution >= 4 is 6.09 Å². The number of aromatic nitrogens is 2. The molecule has 0 aromatic carbocycles. The molecule has 0 radical (unpaired) electrons. The van der Waals surface area contributed by atoms with E-state index in [2.05, 4.69) is 5.10 Å². The largest absolute Gasteiger partial charge is 0.444 e. The molecule has 1 atom stereocenters. The van der Waals surface area contributed by atoms with Crippen LogP contribution in [0.3, 0.4) is 0 Å². The third kappa shape index (κ3) is 3.83. The van der Waals surface area contributed by atoms with Crippen LogP contribution in [0.4, 0.5) is 4.79 Å². The first-order valence-corrected chi connectivity index (χ1v) is 7.30. The molecule has 2 rings (SSSR count). The van der Waals surface area contributed by atoms with E-state index in [1.54, 1.807) is 24.1 Å². The molecule has 1 amide bonds. The van der Waals surface area contributed by atoms with Crippen molar-refractivity contribution in [2.24, 2.45) is 0 Å². The number of hydrogen-bond acceptors (Lipinski definition) is 4. The van der Waals surface area contributed by atoms with Gasteiger partial charge in [-0.15, -0.1) is 0 Å². The van der Waals surface area contributed by atoms with Gasteiger partial charge in [-0.1, -0.05) is 0 Å². The van der Waals surface area contributed by atoms with Crippen LogP contribution >= 0.6 is 0 Å². The second kappa shape index (κ2) is 5.87. The fourth-order valence-electron chi connectivity index (χ4n) is 2.43. The zero-order valence-corrected chi connectivity index (χ0v) is 13.1. The molecule has 0 saturated carbocycles. The van der Waals surface area contributed by atoms with Crippen LogP contribution in [-0.4, -0.2) is 39.5 Å². The summed E-state index contributed by atoms with van der Waals surface area (Å²) in [6.07, 6.45) is 2.98. The van der Waals surface area contributed by atoms with Crippen molar-refractivity contribution in [2.45, 2.75) is 52.2 Å². The lowest BCUT2D eigenvalue weighted by atomic mass is 10.1. The Bertz CT molecular complexity index is 574. The van der Waals surface area contributed by atoms with Crippen LogP contribution in [0, 0.1) is 6.92 Å². The van der Waals surface area contributed by atoms with Gasteiger partial charge in [0.15, 0.2) is 0 Å².